The average Bonchev–Trinajstić information content (AvgIpc) is 2.68. The maximum absolute atomic E-state index is 12.4. The summed E-state index contributed by atoms with van der Waals surface area (Å²) in [5, 5.41) is 12.9. The standard InChI is InChI=1S/C21H28N4O2/c1-4-7-13-25(14-8-5-2)20-19(16(15-22)21(26)27-6-3)23-17-11-9-10-12-18(17)24-20/h9-12,23H,4-8,13-14H2,1-3H3. The van der Waals surface area contributed by atoms with Gasteiger partial charge in [0.15, 0.2) is 11.4 Å². The van der Waals surface area contributed by atoms with Crippen LogP contribution in [0.4, 0.5) is 11.4 Å². The molecule has 1 aromatic rings. The molecule has 27 heavy (non-hydrogen) atoms. The SMILES string of the molecule is CCCCN(CCCC)C1=Nc2ccccc2NC1=C(C#N)C(=O)OCC. The molecule has 0 unspecified atom stereocenters. The zero-order chi connectivity index (χ0) is 19.6. The third-order valence-electron chi connectivity index (χ3n) is 4.32. The van der Waals surface area contributed by atoms with Crippen LogP contribution in [0.1, 0.15) is 46.5 Å². The van der Waals surface area contributed by atoms with Crippen molar-refractivity contribution in [2.45, 2.75) is 46.5 Å². The largest absolute Gasteiger partial charge is 0.462 e. The lowest BCUT2D eigenvalue weighted by molar-refractivity contribution is -0.138. The molecule has 0 saturated heterocycles. The van der Waals surface area contributed by atoms with Crippen LogP contribution in [0.5, 0.6) is 0 Å². The van der Waals surface area contributed by atoms with Crippen LogP contribution in [0.2, 0.25) is 0 Å². The van der Waals surface area contributed by atoms with Crippen LogP contribution in [-0.2, 0) is 9.53 Å². The molecule has 0 saturated carbocycles. The number of esters is 1. The van der Waals surface area contributed by atoms with E-state index in [2.05, 4.69) is 24.1 Å². The number of para-hydroxylation sites is 2. The first-order valence-electron chi connectivity index (χ1n) is 9.67. The van der Waals surface area contributed by atoms with Gasteiger partial charge in [-0.2, -0.15) is 5.26 Å². The van der Waals surface area contributed by atoms with Gasteiger partial charge in [-0.25, -0.2) is 9.79 Å². The second kappa shape index (κ2) is 10.4. The third kappa shape index (κ3) is 5.10. The Kier molecular flexibility index (Phi) is 7.87. The molecule has 0 aliphatic carbocycles. The second-order valence-electron chi connectivity index (χ2n) is 6.35. The van der Waals surface area contributed by atoms with Crippen molar-refractivity contribution >= 4 is 23.2 Å². The van der Waals surface area contributed by atoms with E-state index in [0.717, 1.165) is 50.1 Å². The smallest absolute Gasteiger partial charge is 0.351 e. The zero-order valence-corrected chi connectivity index (χ0v) is 16.4. The molecule has 144 valence electrons. The molecule has 2 rings (SSSR count). The highest BCUT2D eigenvalue weighted by Gasteiger charge is 2.28. The molecular weight excluding hydrogens is 340 g/mol. The van der Waals surface area contributed by atoms with Crippen LogP contribution in [0, 0.1) is 11.3 Å². The first kappa shape index (κ1) is 20.5. The van der Waals surface area contributed by atoms with Crippen LogP contribution < -0.4 is 5.32 Å². The van der Waals surface area contributed by atoms with Crippen LogP contribution in [-0.4, -0.2) is 36.4 Å². The molecule has 1 heterocycles. The normalized spacial score (nSPS) is 14.4. The number of hydrogen-bond acceptors (Lipinski definition) is 6. The minimum Gasteiger partial charge on any atom is -0.462 e. The van der Waals surface area contributed by atoms with Gasteiger partial charge >= 0.3 is 5.97 Å². The quantitative estimate of drug-likeness (QED) is 0.418. The molecule has 0 fully saturated rings. The van der Waals surface area contributed by atoms with Gasteiger partial charge in [0.05, 0.1) is 18.0 Å². The number of hydrogen-bond donors (Lipinski definition) is 1. The highest BCUT2D eigenvalue weighted by Crippen LogP contribution is 2.33. The fourth-order valence-electron chi connectivity index (χ4n) is 2.87. The Morgan fingerprint density at radius 1 is 1.19 bits per heavy atom. The molecule has 1 aliphatic heterocycles. The summed E-state index contributed by atoms with van der Waals surface area (Å²) in [6.07, 6.45) is 4.14. The van der Waals surface area contributed by atoms with E-state index in [1.165, 1.54) is 0 Å². The van der Waals surface area contributed by atoms with Gasteiger partial charge in [-0.15, -0.1) is 0 Å². The van der Waals surface area contributed by atoms with Crippen molar-refractivity contribution in [3.05, 3.63) is 35.5 Å². The topological polar surface area (TPSA) is 77.7 Å². The Morgan fingerprint density at radius 3 is 2.44 bits per heavy atom. The molecule has 0 radical (unpaired) electrons. The molecule has 0 bridgehead atoms. The van der Waals surface area contributed by atoms with Crippen molar-refractivity contribution in [3.8, 4) is 6.07 Å². The highest BCUT2D eigenvalue weighted by molar-refractivity contribution is 6.12. The molecule has 6 heteroatoms. The average molecular weight is 368 g/mol. The predicted octanol–water partition coefficient (Wildman–Crippen LogP) is 4.39. The van der Waals surface area contributed by atoms with Gasteiger partial charge in [-0.3, -0.25) is 0 Å². The van der Waals surface area contributed by atoms with Gasteiger partial charge in [0.25, 0.3) is 0 Å². The summed E-state index contributed by atoms with van der Waals surface area (Å²) in [5.74, 6) is 0.0146. The number of ether oxygens (including phenoxy) is 1. The predicted molar refractivity (Wildman–Crippen MR) is 108 cm³/mol. The Labute approximate surface area is 161 Å². The highest BCUT2D eigenvalue weighted by atomic mass is 16.5. The van der Waals surface area contributed by atoms with Crippen molar-refractivity contribution in [1.82, 2.24) is 4.90 Å². The van der Waals surface area contributed by atoms with E-state index in [-0.39, 0.29) is 12.2 Å². The van der Waals surface area contributed by atoms with Crippen molar-refractivity contribution < 1.29 is 9.53 Å². The van der Waals surface area contributed by atoms with Crippen molar-refractivity contribution in [1.29, 1.82) is 5.26 Å². The van der Waals surface area contributed by atoms with Crippen molar-refractivity contribution in [3.63, 3.8) is 0 Å². The number of nitrogens with one attached hydrogen (secondary N) is 1. The number of nitrogens with zero attached hydrogens (tertiary/aromatic N) is 3. The van der Waals surface area contributed by atoms with Gasteiger partial charge in [0.1, 0.15) is 11.8 Å². The summed E-state index contributed by atoms with van der Waals surface area (Å²) in [6.45, 7) is 7.88. The van der Waals surface area contributed by atoms with Gasteiger partial charge < -0.3 is 15.0 Å². The lowest BCUT2D eigenvalue weighted by Crippen LogP contribution is -2.38. The van der Waals surface area contributed by atoms with Gasteiger partial charge in [-0.05, 0) is 31.9 Å². The summed E-state index contributed by atoms with van der Waals surface area (Å²) in [7, 11) is 0. The third-order valence-corrected chi connectivity index (χ3v) is 4.32. The van der Waals surface area contributed by atoms with E-state index in [0.29, 0.717) is 11.5 Å². The summed E-state index contributed by atoms with van der Waals surface area (Å²) in [5.41, 5.74) is 1.97. The number of aliphatic imine (C=N–C) groups is 1. The van der Waals surface area contributed by atoms with E-state index in [1.54, 1.807) is 6.92 Å². The van der Waals surface area contributed by atoms with Crippen LogP contribution >= 0.6 is 0 Å². The first-order chi connectivity index (χ1) is 13.2. The van der Waals surface area contributed by atoms with E-state index < -0.39 is 5.97 Å². The van der Waals surface area contributed by atoms with Crippen LogP contribution in [0.3, 0.4) is 0 Å². The van der Waals surface area contributed by atoms with E-state index in [9.17, 15) is 10.1 Å². The number of benzene rings is 1. The van der Waals surface area contributed by atoms with E-state index in [1.807, 2.05) is 30.3 Å². The van der Waals surface area contributed by atoms with E-state index in [4.69, 9.17) is 9.73 Å². The minimum absolute atomic E-state index is 0.0388. The molecule has 0 spiro atoms. The molecule has 1 aliphatic rings. The fraction of sp³-hybridized carbons (Fsp3) is 0.476. The van der Waals surface area contributed by atoms with Crippen LogP contribution in [0.25, 0.3) is 0 Å². The number of rotatable bonds is 8. The van der Waals surface area contributed by atoms with Gasteiger partial charge in [-0.1, -0.05) is 38.8 Å². The Balaban J connectivity index is 2.55. The number of carbonyl (C=O) groups excluding carboxylic acids is 1. The summed E-state index contributed by atoms with van der Waals surface area (Å²) in [4.78, 5) is 19.3. The second-order valence-corrected chi connectivity index (χ2v) is 6.35. The first-order valence-corrected chi connectivity index (χ1v) is 9.67. The molecular formula is C21H28N4O2. The maximum Gasteiger partial charge on any atom is 0.351 e. The van der Waals surface area contributed by atoms with Crippen molar-refractivity contribution in [2.24, 2.45) is 4.99 Å². The number of amidine groups is 1. The van der Waals surface area contributed by atoms with Crippen molar-refractivity contribution in [2.75, 3.05) is 25.0 Å². The van der Waals surface area contributed by atoms with Gasteiger partial charge in [0, 0.05) is 13.1 Å². The number of carbonyl (C=O) groups is 1. The van der Waals surface area contributed by atoms with Crippen LogP contribution in [0.15, 0.2) is 40.5 Å². The summed E-state index contributed by atoms with van der Waals surface area (Å²) >= 11 is 0. The summed E-state index contributed by atoms with van der Waals surface area (Å²) < 4.78 is 5.09. The zero-order valence-electron chi connectivity index (χ0n) is 16.4. The Bertz CT molecular complexity index is 754. The number of fused-ring (bicyclic) bond motifs is 1. The number of unbranched alkanes of at least 4 members (excludes halogenated alkanes) is 2. The molecule has 0 amide bonds. The molecule has 6 nitrogen and oxygen atoms in total. The fourth-order valence-corrected chi connectivity index (χ4v) is 2.87. The maximum atomic E-state index is 12.4. The molecule has 1 aromatic carbocycles. The Morgan fingerprint density at radius 2 is 1.85 bits per heavy atom. The molecule has 0 aromatic heterocycles. The van der Waals surface area contributed by atoms with Gasteiger partial charge in [0.2, 0.25) is 0 Å². The lowest BCUT2D eigenvalue weighted by atomic mass is 10.1. The monoisotopic (exact) mass is 368 g/mol. The lowest BCUT2D eigenvalue weighted by Gasteiger charge is -2.31. The molecule has 0 atom stereocenters. The molecule has 1 N–H and O–H groups in total. The Hall–Kier alpha value is -2.81. The number of anilines is 1. The minimum atomic E-state index is -0.625. The number of nitriles is 1. The summed E-state index contributed by atoms with van der Waals surface area (Å²) in [6, 6.07) is 9.65. The van der Waals surface area contributed by atoms with E-state index >= 15 is 0 Å².